The van der Waals surface area contributed by atoms with Crippen LogP contribution in [0, 0.1) is 11.8 Å². The average molecular weight is 451 g/mol. The summed E-state index contributed by atoms with van der Waals surface area (Å²) >= 11 is 0. The molecule has 1 unspecified atom stereocenters. The van der Waals surface area contributed by atoms with Crippen LogP contribution in [0.3, 0.4) is 0 Å². The quantitative estimate of drug-likeness (QED) is 0.637. The first kappa shape index (κ1) is 22.8. The van der Waals surface area contributed by atoms with E-state index in [1.54, 1.807) is 0 Å². The highest BCUT2D eigenvalue weighted by molar-refractivity contribution is 5.85. The molecule has 0 bridgehead atoms. The number of nitrogens with one attached hydrogen (secondary N) is 1. The molecule has 2 aliphatic rings. The van der Waals surface area contributed by atoms with Crippen LogP contribution < -0.4 is 5.32 Å². The van der Waals surface area contributed by atoms with Gasteiger partial charge in [-0.25, -0.2) is 9.59 Å². The fourth-order valence-corrected chi connectivity index (χ4v) is 4.76. The van der Waals surface area contributed by atoms with Crippen molar-refractivity contribution in [3.63, 3.8) is 0 Å². The van der Waals surface area contributed by atoms with Gasteiger partial charge in [0.25, 0.3) is 0 Å². The topological polar surface area (TPSA) is 95.9 Å². The van der Waals surface area contributed by atoms with Gasteiger partial charge in [-0.15, -0.1) is 0 Å². The van der Waals surface area contributed by atoms with E-state index in [1.807, 2.05) is 24.3 Å². The maximum atomic E-state index is 12.9. The fraction of sp³-hybridized carbons (Fsp3) is 0.423. The van der Waals surface area contributed by atoms with E-state index in [0.29, 0.717) is 0 Å². The summed E-state index contributed by atoms with van der Waals surface area (Å²) < 4.78 is 5.58. The van der Waals surface area contributed by atoms with Crippen LogP contribution in [0.1, 0.15) is 43.2 Å². The number of alkyl carbamates (subject to hydrolysis) is 1. The third-order valence-electron chi connectivity index (χ3n) is 7.13. The van der Waals surface area contributed by atoms with Crippen LogP contribution in [0.5, 0.6) is 0 Å². The molecule has 1 fully saturated rings. The summed E-state index contributed by atoms with van der Waals surface area (Å²) in [6.07, 6.45) is 2.27. The number of carboxylic acids is 1. The first-order valence-electron chi connectivity index (χ1n) is 11.5. The van der Waals surface area contributed by atoms with Crippen molar-refractivity contribution in [1.29, 1.82) is 0 Å². The number of aliphatic carboxylic acids is 1. The van der Waals surface area contributed by atoms with Crippen molar-refractivity contribution < 1.29 is 24.2 Å². The lowest BCUT2D eigenvalue weighted by Gasteiger charge is -2.36. The molecule has 2 amide bonds. The predicted octanol–water partition coefficient (Wildman–Crippen LogP) is 3.87. The van der Waals surface area contributed by atoms with E-state index in [4.69, 9.17) is 4.74 Å². The Morgan fingerprint density at radius 3 is 2.15 bits per heavy atom. The number of rotatable bonds is 8. The van der Waals surface area contributed by atoms with Gasteiger partial charge in [0.05, 0.1) is 5.92 Å². The Hall–Kier alpha value is -3.35. The van der Waals surface area contributed by atoms with Crippen LogP contribution in [0.4, 0.5) is 4.79 Å². The Bertz CT molecular complexity index is 1000. The number of amides is 2. The molecule has 2 N–H and O–H groups in total. The van der Waals surface area contributed by atoms with Gasteiger partial charge in [0, 0.05) is 19.5 Å². The van der Waals surface area contributed by atoms with Gasteiger partial charge in [-0.1, -0.05) is 55.0 Å². The molecule has 7 heteroatoms. The summed E-state index contributed by atoms with van der Waals surface area (Å²) in [5.74, 6) is -1.65. The van der Waals surface area contributed by atoms with Crippen LogP contribution >= 0.6 is 0 Å². The van der Waals surface area contributed by atoms with Crippen LogP contribution in [0.15, 0.2) is 48.5 Å². The Labute approximate surface area is 193 Å². The molecule has 2 aromatic rings. The van der Waals surface area contributed by atoms with Gasteiger partial charge in [-0.2, -0.15) is 0 Å². The van der Waals surface area contributed by atoms with Gasteiger partial charge in [0.2, 0.25) is 5.91 Å². The van der Waals surface area contributed by atoms with E-state index in [2.05, 4.69) is 29.6 Å². The monoisotopic (exact) mass is 450 g/mol. The highest BCUT2D eigenvalue weighted by atomic mass is 16.5. The molecular weight excluding hydrogens is 420 g/mol. The Kier molecular flexibility index (Phi) is 6.67. The summed E-state index contributed by atoms with van der Waals surface area (Å²) in [4.78, 5) is 38.0. The minimum Gasteiger partial charge on any atom is -0.480 e. The Morgan fingerprint density at radius 2 is 1.64 bits per heavy atom. The first-order chi connectivity index (χ1) is 15.9. The van der Waals surface area contributed by atoms with Gasteiger partial charge < -0.3 is 20.1 Å². The second-order valence-corrected chi connectivity index (χ2v) is 8.97. The van der Waals surface area contributed by atoms with Gasteiger partial charge in [0.1, 0.15) is 12.6 Å². The van der Waals surface area contributed by atoms with Crippen molar-refractivity contribution in [3.8, 4) is 11.1 Å². The van der Waals surface area contributed by atoms with E-state index >= 15 is 0 Å². The van der Waals surface area contributed by atoms with E-state index in [1.165, 1.54) is 18.9 Å². The molecule has 2 aromatic carbocycles. The Balaban J connectivity index is 1.37. The molecule has 0 aliphatic heterocycles. The van der Waals surface area contributed by atoms with Crippen molar-refractivity contribution in [2.24, 2.45) is 11.8 Å². The van der Waals surface area contributed by atoms with Crippen LogP contribution in [0.2, 0.25) is 0 Å². The average Bonchev–Trinajstić information content (AvgIpc) is 3.11. The zero-order chi connectivity index (χ0) is 23.5. The molecule has 0 aromatic heterocycles. The van der Waals surface area contributed by atoms with Crippen molar-refractivity contribution in [2.75, 3.05) is 20.2 Å². The number of carboxylic acid groups (broad SMARTS) is 1. The van der Waals surface area contributed by atoms with E-state index in [-0.39, 0.29) is 30.9 Å². The molecule has 7 nitrogen and oxygen atoms in total. The molecule has 0 saturated heterocycles. The third kappa shape index (κ3) is 4.58. The third-order valence-corrected chi connectivity index (χ3v) is 7.13. The van der Waals surface area contributed by atoms with Crippen molar-refractivity contribution in [1.82, 2.24) is 10.2 Å². The molecule has 2 atom stereocenters. The van der Waals surface area contributed by atoms with Crippen LogP contribution in [-0.2, 0) is 14.3 Å². The summed E-state index contributed by atoms with van der Waals surface area (Å²) in [7, 11) is 1.50. The number of hydrogen-bond donors (Lipinski definition) is 2. The number of ether oxygens (including phenoxy) is 1. The number of nitrogens with zero attached hydrogens (tertiary/aromatic N) is 1. The second-order valence-electron chi connectivity index (χ2n) is 8.97. The van der Waals surface area contributed by atoms with E-state index in [0.717, 1.165) is 41.5 Å². The van der Waals surface area contributed by atoms with Crippen molar-refractivity contribution in [3.05, 3.63) is 59.7 Å². The van der Waals surface area contributed by atoms with Gasteiger partial charge in [-0.05, 0) is 47.9 Å². The summed E-state index contributed by atoms with van der Waals surface area (Å²) in [5.41, 5.74) is 4.60. The normalized spacial score (nSPS) is 16.7. The standard InChI is InChI=1S/C26H30N2O5/c1-16(25(30)31)28(2)24(29)22(17-8-7-9-17)14-27-26(32)33-15-23-20-12-5-3-10-18(20)19-11-4-6-13-21(19)23/h3-6,10-13,16-17,22-23H,7-9,14-15H2,1-2H3,(H,27,32)(H,30,31)/t16-,22?/m0/s1. The lowest BCUT2D eigenvalue weighted by atomic mass is 9.75. The number of carbonyl (C=O) groups is 3. The van der Waals surface area contributed by atoms with Crippen molar-refractivity contribution >= 4 is 18.0 Å². The smallest absolute Gasteiger partial charge is 0.407 e. The highest BCUT2D eigenvalue weighted by Crippen LogP contribution is 2.44. The first-order valence-corrected chi connectivity index (χ1v) is 11.5. The number of benzene rings is 2. The van der Waals surface area contributed by atoms with E-state index < -0.39 is 24.0 Å². The molecule has 0 radical (unpaired) electrons. The molecular formula is C26H30N2O5. The van der Waals surface area contributed by atoms with Gasteiger partial charge in [0.15, 0.2) is 0 Å². The van der Waals surface area contributed by atoms with Gasteiger partial charge in [-0.3, -0.25) is 4.79 Å². The van der Waals surface area contributed by atoms with Crippen LogP contribution in [-0.4, -0.2) is 54.2 Å². The molecule has 0 spiro atoms. The number of fused-ring (bicyclic) bond motifs is 3. The zero-order valence-corrected chi connectivity index (χ0v) is 19.0. The Morgan fingerprint density at radius 1 is 1.06 bits per heavy atom. The lowest BCUT2D eigenvalue weighted by molar-refractivity contribution is -0.151. The van der Waals surface area contributed by atoms with Crippen LogP contribution in [0.25, 0.3) is 11.1 Å². The molecule has 33 heavy (non-hydrogen) atoms. The predicted molar refractivity (Wildman–Crippen MR) is 124 cm³/mol. The highest BCUT2D eigenvalue weighted by Gasteiger charge is 2.37. The summed E-state index contributed by atoms with van der Waals surface area (Å²) in [5, 5.41) is 12.0. The van der Waals surface area contributed by atoms with Gasteiger partial charge >= 0.3 is 12.1 Å². The molecule has 174 valence electrons. The minimum absolute atomic E-state index is 0.0326. The summed E-state index contributed by atoms with van der Waals surface area (Å²) in [6, 6.07) is 15.3. The number of carbonyl (C=O) groups excluding carboxylic acids is 2. The molecule has 2 aliphatic carbocycles. The SMILES string of the molecule is C[C@@H](C(=O)O)N(C)C(=O)C(CNC(=O)OCC1c2ccccc2-c2ccccc21)C1CCC1. The van der Waals surface area contributed by atoms with Crippen molar-refractivity contribution in [2.45, 2.75) is 38.1 Å². The molecule has 4 rings (SSSR count). The minimum atomic E-state index is -1.05. The largest absolute Gasteiger partial charge is 0.480 e. The fourth-order valence-electron chi connectivity index (χ4n) is 4.76. The number of likely N-dealkylation sites (N-methyl/N-ethyl adjacent to an activating group) is 1. The maximum Gasteiger partial charge on any atom is 0.407 e. The molecule has 0 heterocycles. The zero-order valence-electron chi connectivity index (χ0n) is 19.0. The summed E-state index contributed by atoms with van der Waals surface area (Å²) in [6.45, 7) is 1.83. The van der Waals surface area contributed by atoms with E-state index in [9.17, 15) is 19.5 Å². The lowest BCUT2D eigenvalue weighted by Crippen LogP contribution is -2.49. The maximum absolute atomic E-state index is 12.9. The number of hydrogen-bond acceptors (Lipinski definition) is 4. The second kappa shape index (κ2) is 9.65. The molecule has 1 saturated carbocycles.